The second-order valence-corrected chi connectivity index (χ2v) is 4.22. The smallest absolute Gasteiger partial charge is 0.243 e. The van der Waals surface area contributed by atoms with Crippen molar-refractivity contribution in [3.8, 4) is 0 Å². The average Bonchev–Trinajstić information content (AvgIpc) is 2.23. The molecule has 2 atom stereocenters. The number of carbonyl (C=O) groups excluding carboxylic acids is 1. The van der Waals surface area contributed by atoms with Gasteiger partial charge in [0.15, 0.2) is 0 Å². The Hall–Kier alpha value is -0.870. The summed E-state index contributed by atoms with van der Waals surface area (Å²) in [6.45, 7) is 8.46. The van der Waals surface area contributed by atoms with Crippen LogP contribution in [0.4, 0.5) is 0 Å². The van der Waals surface area contributed by atoms with Crippen molar-refractivity contribution < 1.29 is 4.79 Å². The summed E-state index contributed by atoms with van der Waals surface area (Å²) in [5.74, 6) is -0.0937. The van der Waals surface area contributed by atoms with Crippen LogP contribution in [0.3, 0.4) is 0 Å². The summed E-state index contributed by atoms with van der Waals surface area (Å²) in [5.41, 5.74) is 0. The zero-order chi connectivity index (χ0) is 11.4. The molecule has 0 aliphatic carbocycles. The summed E-state index contributed by atoms with van der Waals surface area (Å²) >= 11 is 0. The van der Waals surface area contributed by atoms with E-state index in [1.807, 2.05) is 0 Å². The fraction of sp³-hybridized carbons (Fsp3) is 0.727. The van der Waals surface area contributed by atoms with Crippen LogP contribution in [0.25, 0.3) is 0 Å². The van der Waals surface area contributed by atoms with Crippen molar-refractivity contribution in [3.05, 3.63) is 12.7 Å². The van der Waals surface area contributed by atoms with Crippen LogP contribution in [0.2, 0.25) is 0 Å². The van der Waals surface area contributed by atoms with Gasteiger partial charge in [-0.1, -0.05) is 6.58 Å². The van der Waals surface area contributed by atoms with Crippen LogP contribution in [0.5, 0.6) is 0 Å². The maximum atomic E-state index is 11.1. The van der Waals surface area contributed by atoms with Crippen molar-refractivity contribution in [2.45, 2.75) is 19.0 Å². The van der Waals surface area contributed by atoms with Gasteiger partial charge in [-0.2, -0.15) is 0 Å². The molecule has 1 saturated heterocycles. The topological polar surface area (TPSA) is 35.6 Å². The Bertz CT molecular complexity index is 242. The minimum Gasteiger partial charge on any atom is -0.351 e. The third-order valence-electron chi connectivity index (χ3n) is 3.29. The van der Waals surface area contributed by atoms with Gasteiger partial charge in [-0.25, -0.2) is 0 Å². The quantitative estimate of drug-likeness (QED) is 0.663. The minimum atomic E-state index is -0.0937. The Morgan fingerprint density at radius 3 is 2.67 bits per heavy atom. The Morgan fingerprint density at radius 2 is 2.07 bits per heavy atom. The van der Waals surface area contributed by atoms with E-state index < -0.39 is 0 Å². The highest BCUT2D eigenvalue weighted by molar-refractivity contribution is 5.86. The molecule has 0 aromatic rings. The molecule has 0 saturated carbocycles. The first-order valence-corrected chi connectivity index (χ1v) is 5.37. The molecule has 1 aliphatic rings. The van der Waals surface area contributed by atoms with Crippen LogP contribution in [0.15, 0.2) is 12.7 Å². The van der Waals surface area contributed by atoms with Crippen molar-refractivity contribution in [1.82, 2.24) is 15.1 Å². The number of rotatable bonds is 3. The molecule has 15 heavy (non-hydrogen) atoms. The highest BCUT2D eigenvalue weighted by Crippen LogP contribution is 2.12. The number of nitrogens with zero attached hydrogens (tertiary/aromatic N) is 2. The number of likely N-dealkylation sites (N-methyl/N-ethyl adjacent to an activating group) is 2. The lowest BCUT2D eigenvalue weighted by Gasteiger charge is -2.43. The van der Waals surface area contributed by atoms with E-state index in [4.69, 9.17) is 0 Å². The molecule has 0 spiro atoms. The molecule has 4 heteroatoms. The van der Waals surface area contributed by atoms with Crippen LogP contribution >= 0.6 is 0 Å². The van der Waals surface area contributed by atoms with Crippen molar-refractivity contribution in [2.24, 2.45) is 0 Å². The van der Waals surface area contributed by atoms with Gasteiger partial charge >= 0.3 is 0 Å². The second-order valence-electron chi connectivity index (χ2n) is 4.22. The zero-order valence-electron chi connectivity index (χ0n) is 9.86. The van der Waals surface area contributed by atoms with Crippen molar-refractivity contribution in [3.63, 3.8) is 0 Å². The Morgan fingerprint density at radius 1 is 1.47 bits per heavy atom. The van der Waals surface area contributed by atoms with Gasteiger partial charge < -0.3 is 10.2 Å². The van der Waals surface area contributed by atoms with E-state index in [0.717, 1.165) is 13.1 Å². The number of amides is 1. The van der Waals surface area contributed by atoms with Crippen LogP contribution < -0.4 is 5.32 Å². The van der Waals surface area contributed by atoms with Gasteiger partial charge in [-0.05, 0) is 27.1 Å². The fourth-order valence-electron chi connectivity index (χ4n) is 1.95. The van der Waals surface area contributed by atoms with Gasteiger partial charge in [0, 0.05) is 31.7 Å². The summed E-state index contributed by atoms with van der Waals surface area (Å²) in [4.78, 5) is 15.7. The molecule has 0 aromatic heterocycles. The number of hydrogen-bond acceptors (Lipinski definition) is 3. The molecule has 1 amide bonds. The molecule has 1 rings (SSSR count). The first-order valence-electron chi connectivity index (χ1n) is 5.37. The predicted octanol–water partition coefficient (Wildman–Crippen LogP) is -0.0771. The molecule has 1 aliphatic heterocycles. The molecular formula is C11H21N3O. The van der Waals surface area contributed by atoms with Crippen molar-refractivity contribution in [2.75, 3.05) is 33.7 Å². The van der Waals surface area contributed by atoms with E-state index in [-0.39, 0.29) is 5.91 Å². The van der Waals surface area contributed by atoms with Crippen LogP contribution in [-0.2, 0) is 4.79 Å². The van der Waals surface area contributed by atoms with Crippen LogP contribution in [0, 0.1) is 0 Å². The lowest BCUT2D eigenvalue weighted by atomic mass is 10.0. The Kier molecular flexibility index (Phi) is 4.29. The maximum absolute atomic E-state index is 11.1. The van der Waals surface area contributed by atoms with Crippen molar-refractivity contribution >= 4 is 5.91 Å². The number of carbonyl (C=O) groups is 1. The van der Waals surface area contributed by atoms with E-state index >= 15 is 0 Å². The fourth-order valence-corrected chi connectivity index (χ4v) is 1.95. The molecule has 0 aromatic carbocycles. The molecule has 86 valence electrons. The number of piperazine rings is 1. The monoisotopic (exact) mass is 211 g/mol. The first kappa shape index (κ1) is 12.2. The molecule has 1 fully saturated rings. The molecule has 1 heterocycles. The summed E-state index contributed by atoms with van der Waals surface area (Å²) in [6.07, 6.45) is 1.32. The molecule has 0 radical (unpaired) electrons. The maximum Gasteiger partial charge on any atom is 0.243 e. The van der Waals surface area contributed by atoms with E-state index in [0.29, 0.717) is 18.6 Å². The molecule has 4 nitrogen and oxygen atoms in total. The molecule has 0 bridgehead atoms. The van der Waals surface area contributed by atoms with Gasteiger partial charge in [-0.15, -0.1) is 0 Å². The highest BCUT2D eigenvalue weighted by atomic mass is 16.1. The largest absolute Gasteiger partial charge is 0.351 e. The van der Waals surface area contributed by atoms with Gasteiger partial charge in [0.2, 0.25) is 5.91 Å². The zero-order valence-corrected chi connectivity index (χ0v) is 9.86. The summed E-state index contributed by atoms with van der Waals surface area (Å²) < 4.78 is 0. The summed E-state index contributed by atoms with van der Waals surface area (Å²) in [7, 11) is 4.23. The van der Waals surface area contributed by atoms with E-state index in [1.165, 1.54) is 6.08 Å². The molecular weight excluding hydrogens is 190 g/mol. The van der Waals surface area contributed by atoms with Gasteiger partial charge in [0.25, 0.3) is 0 Å². The lowest BCUT2D eigenvalue weighted by molar-refractivity contribution is -0.116. The third-order valence-corrected chi connectivity index (χ3v) is 3.29. The van der Waals surface area contributed by atoms with E-state index in [2.05, 4.69) is 42.7 Å². The minimum absolute atomic E-state index is 0.0937. The van der Waals surface area contributed by atoms with Gasteiger partial charge in [0.05, 0.1) is 0 Å². The molecule has 1 N–H and O–H groups in total. The summed E-state index contributed by atoms with van der Waals surface area (Å²) in [6, 6.07) is 0.849. The third kappa shape index (κ3) is 3.04. The predicted molar refractivity (Wildman–Crippen MR) is 61.7 cm³/mol. The standard InChI is InChI=1S/C11H21N3O/c1-5-11(15)12-8-10-9(2)13(3)6-7-14(10)4/h5,9-10H,1,6-8H2,2-4H3,(H,12,15). The average molecular weight is 211 g/mol. The number of hydrogen-bond donors (Lipinski definition) is 1. The van der Waals surface area contributed by atoms with Crippen molar-refractivity contribution in [1.29, 1.82) is 0 Å². The molecule has 2 unspecified atom stereocenters. The van der Waals surface area contributed by atoms with E-state index in [9.17, 15) is 4.79 Å². The second kappa shape index (κ2) is 5.28. The SMILES string of the molecule is C=CC(=O)NCC1C(C)N(C)CCN1C. The van der Waals surface area contributed by atoms with Crippen LogP contribution in [0.1, 0.15) is 6.92 Å². The van der Waals surface area contributed by atoms with E-state index in [1.54, 1.807) is 0 Å². The van der Waals surface area contributed by atoms with Gasteiger partial charge in [0.1, 0.15) is 0 Å². The Labute approximate surface area is 91.9 Å². The van der Waals surface area contributed by atoms with Gasteiger partial charge in [-0.3, -0.25) is 9.69 Å². The highest BCUT2D eigenvalue weighted by Gasteiger charge is 2.29. The van der Waals surface area contributed by atoms with Crippen LogP contribution in [-0.4, -0.2) is 61.5 Å². The normalized spacial score (nSPS) is 28.7. The lowest BCUT2D eigenvalue weighted by Crippen LogP contribution is -2.59. The number of nitrogens with one attached hydrogen (secondary N) is 1. The summed E-state index contributed by atoms with van der Waals surface area (Å²) in [5, 5.41) is 2.86. The first-order chi connectivity index (χ1) is 7.06. The Balaban J connectivity index is 2.49.